The van der Waals surface area contributed by atoms with Crippen molar-refractivity contribution in [2.75, 3.05) is 5.32 Å². The first-order valence-electron chi connectivity index (χ1n) is 7.03. The minimum Gasteiger partial charge on any atom is -0.336 e. The number of benzene rings is 1. The minimum atomic E-state index is -4.58. The van der Waals surface area contributed by atoms with Gasteiger partial charge in [-0.05, 0) is 36.4 Å². The quantitative estimate of drug-likeness (QED) is 0.690. The highest BCUT2D eigenvalue weighted by Crippen LogP contribution is 2.30. The number of halogens is 6. The van der Waals surface area contributed by atoms with E-state index in [0.29, 0.717) is 11.4 Å². The average Bonchev–Trinajstić information content (AvgIpc) is 3.02. The maximum absolute atomic E-state index is 12.6. The lowest BCUT2D eigenvalue weighted by Gasteiger charge is -2.07. The third-order valence-electron chi connectivity index (χ3n) is 3.27. The Hall–Kier alpha value is -3.11. The molecule has 1 N–H and O–H groups in total. The van der Waals surface area contributed by atoms with E-state index in [1.807, 2.05) is 0 Å². The molecule has 3 aromatic rings. The smallest absolute Gasteiger partial charge is 0.336 e. The Balaban J connectivity index is 1.74. The van der Waals surface area contributed by atoms with Crippen LogP contribution in [0.25, 0.3) is 5.69 Å². The van der Waals surface area contributed by atoms with Crippen molar-refractivity contribution in [2.45, 2.75) is 12.4 Å². The summed E-state index contributed by atoms with van der Waals surface area (Å²) in [5.41, 5.74) is -1.15. The first-order chi connectivity index (χ1) is 12.1. The maximum atomic E-state index is 12.6. The molecule has 11 heteroatoms. The van der Waals surface area contributed by atoms with E-state index in [2.05, 4.69) is 20.6 Å². The van der Waals surface area contributed by atoms with E-state index in [9.17, 15) is 26.3 Å². The third-order valence-corrected chi connectivity index (χ3v) is 3.27. The van der Waals surface area contributed by atoms with Gasteiger partial charge in [-0.1, -0.05) is 0 Å². The van der Waals surface area contributed by atoms with Gasteiger partial charge in [-0.15, -0.1) is 10.2 Å². The van der Waals surface area contributed by atoms with E-state index in [1.165, 1.54) is 29.2 Å². The van der Waals surface area contributed by atoms with Gasteiger partial charge in [0.05, 0.1) is 29.3 Å². The molecule has 0 amide bonds. The van der Waals surface area contributed by atoms with Crippen molar-refractivity contribution in [1.29, 1.82) is 0 Å². The molecule has 26 heavy (non-hydrogen) atoms. The van der Waals surface area contributed by atoms with Gasteiger partial charge in [0.2, 0.25) is 0 Å². The Morgan fingerprint density at radius 3 is 2.04 bits per heavy atom. The summed E-state index contributed by atoms with van der Waals surface area (Å²) >= 11 is 0. The van der Waals surface area contributed by atoms with Crippen molar-refractivity contribution in [3.05, 3.63) is 60.0 Å². The molecule has 0 saturated heterocycles. The fraction of sp³-hybridized carbons (Fsp3) is 0.133. The predicted octanol–water partition coefficient (Wildman–Crippen LogP) is 4.44. The normalized spacial score (nSPS) is 12.2. The number of hydrogen-bond acceptors (Lipinski definition) is 4. The van der Waals surface area contributed by atoms with Gasteiger partial charge in [0.25, 0.3) is 0 Å². The topological polar surface area (TPSA) is 55.6 Å². The number of nitrogens with one attached hydrogen (secondary N) is 1. The molecule has 0 bridgehead atoms. The van der Waals surface area contributed by atoms with Crippen LogP contribution < -0.4 is 5.32 Å². The van der Waals surface area contributed by atoms with E-state index in [0.717, 1.165) is 24.3 Å². The van der Waals surface area contributed by atoms with Crippen molar-refractivity contribution in [3.63, 3.8) is 0 Å². The van der Waals surface area contributed by atoms with Crippen molar-refractivity contribution in [3.8, 4) is 5.69 Å². The van der Waals surface area contributed by atoms with E-state index in [-0.39, 0.29) is 5.82 Å². The lowest BCUT2D eigenvalue weighted by atomic mass is 10.2. The van der Waals surface area contributed by atoms with Gasteiger partial charge < -0.3 is 5.32 Å². The maximum Gasteiger partial charge on any atom is 0.435 e. The SMILES string of the molecule is FC(F)(F)c1ccc(-n2cc(Nc3ccc(C(F)(F)F)nn3)cn2)cc1. The monoisotopic (exact) mass is 373 g/mol. The molecule has 0 aliphatic rings. The molecule has 0 aliphatic heterocycles. The van der Waals surface area contributed by atoms with Crippen LogP contribution in [0.1, 0.15) is 11.3 Å². The van der Waals surface area contributed by atoms with Crippen LogP contribution in [0.5, 0.6) is 0 Å². The molecule has 0 fully saturated rings. The Morgan fingerprint density at radius 2 is 1.50 bits per heavy atom. The summed E-state index contributed by atoms with van der Waals surface area (Å²) in [6, 6.07) is 6.22. The zero-order chi connectivity index (χ0) is 18.9. The van der Waals surface area contributed by atoms with Crippen LogP contribution in [0.4, 0.5) is 37.8 Å². The van der Waals surface area contributed by atoms with Crippen LogP contribution in [-0.2, 0) is 12.4 Å². The fourth-order valence-corrected chi connectivity index (χ4v) is 2.03. The zero-order valence-electron chi connectivity index (χ0n) is 12.7. The molecular weight excluding hydrogens is 364 g/mol. The van der Waals surface area contributed by atoms with E-state index < -0.39 is 23.6 Å². The predicted molar refractivity (Wildman–Crippen MR) is 78.9 cm³/mol. The number of anilines is 2. The number of rotatable bonds is 3. The highest BCUT2D eigenvalue weighted by Gasteiger charge is 2.33. The first kappa shape index (κ1) is 17.7. The van der Waals surface area contributed by atoms with Crippen LogP contribution in [-0.4, -0.2) is 20.0 Å². The van der Waals surface area contributed by atoms with Crippen molar-refractivity contribution in [2.24, 2.45) is 0 Å². The summed E-state index contributed by atoms with van der Waals surface area (Å²) in [5.74, 6) is 0.0602. The number of alkyl halides is 6. The number of aromatic nitrogens is 4. The second kappa shape index (κ2) is 6.32. The van der Waals surface area contributed by atoms with Gasteiger partial charge >= 0.3 is 12.4 Å². The molecule has 5 nitrogen and oxygen atoms in total. The molecule has 0 atom stereocenters. The first-order valence-corrected chi connectivity index (χ1v) is 7.03. The molecular formula is C15H9F6N5. The summed E-state index contributed by atoms with van der Waals surface area (Å²) < 4.78 is 76.3. The molecule has 0 saturated carbocycles. The van der Waals surface area contributed by atoms with Gasteiger partial charge in [-0.3, -0.25) is 0 Å². The van der Waals surface area contributed by atoms with Crippen LogP contribution in [0.3, 0.4) is 0 Å². The zero-order valence-corrected chi connectivity index (χ0v) is 12.7. The summed E-state index contributed by atoms with van der Waals surface area (Å²) in [6.07, 6.45) is -6.23. The van der Waals surface area contributed by atoms with Crippen LogP contribution in [0.2, 0.25) is 0 Å². The van der Waals surface area contributed by atoms with E-state index in [4.69, 9.17) is 0 Å². The van der Waals surface area contributed by atoms with Crippen molar-refractivity contribution >= 4 is 11.5 Å². The summed E-state index contributed by atoms with van der Waals surface area (Å²) in [7, 11) is 0. The molecule has 2 aromatic heterocycles. The van der Waals surface area contributed by atoms with Gasteiger partial charge in [-0.2, -0.15) is 31.4 Å². The average molecular weight is 373 g/mol. The second-order valence-electron chi connectivity index (χ2n) is 5.14. The van der Waals surface area contributed by atoms with Gasteiger partial charge in [-0.25, -0.2) is 4.68 Å². The molecule has 2 heterocycles. The van der Waals surface area contributed by atoms with Crippen LogP contribution in [0.15, 0.2) is 48.8 Å². The van der Waals surface area contributed by atoms with Gasteiger partial charge in [0.1, 0.15) is 0 Å². The summed E-state index contributed by atoms with van der Waals surface area (Å²) in [4.78, 5) is 0. The molecule has 0 unspecified atom stereocenters. The Bertz CT molecular complexity index is 881. The Morgan fingerprint density at radius 1 is 0.808 bits per heavy atom. The van der Waals surface area contributed by atoms with E-state index >= 15 is 0 Å². The molecule has 0 aliphatic carbocycles. The third kappa shape index (κ3) is 3.92. The number of hydrogen-bond donors (Lipinski definition) is 1. The molecule has 0 radical (unpaired) electrons. The molecule has 3 rings (SSSR count). The second-order valence-corrected chi connectivity index (χ2v) is 5.14. The van der Waals surface area contributed by atoms with Crippen molar-refractivity contribution in [1.82, 2.24) is 20.0 Å². The van der Waals surface area contributed by atoms with Crippen molar-refractivity contribution < 1.29 is 26.3 Å². The molecule has 136 valence electrons. The lowest BCUT2D eigenvalue weighted by molar-refractivity contribution is -0.141. The largest absolute Gasteiger partial charge is 0.435 e. The van der Waals surface area contributed by atoms with Gasteiger partial charge in [0.15, 0.2) is 11.5 Å². The van der Waals surface area contributed by atoms with Crippen LogP contribution in [0, 0.1) is 0 Å². The van der Waals surface area contributed by atoms with Gasteiger partial charge in [0, 0.05) is 0 Å². The standard InChI is InChI=1S/C15H9F6N5/c16-14(17,18)9-1-3-11(4-2-9)26-8-10(7-22-26)23-13-6-5-12(24-25-13)15(19,20)21/h1-8H,(H,23,25). The number of nitrogens with zero attached hydrogens (tertiary/aromatic N) is 4. The van der Waals surface area contributed by atoms with E-state index in [1.54, 1.807) is 0 Å². The minimum absolute atomic E-state index is 0.0602. The molecule has 0 spiro atoms. The lowest BCUT2D eigenvalue weighted by Crippen LogP contribution is -2.09. The van der Waals surface area contributed by atoms with Crippen LogP contribution >= 0.6 is 0 Å². The Kier molecular flexibility index (Phi) is 4.30. The molecule has 1 aromatic carbocycles. The highest BCUT2D eigenvalue weighted by molar-refractivity contribution is 5.54. The fourth-order valence-electron chi connectivity index (χ4n) is 2.03. The Labute approximate surface area is 142 Å². The summed E-state index contributed by atoms with van der Waals surface area (Å²) in [6.45, 7) is 0. The highest BCUT2D eigenvalue weighted by atomic mass is 19.4. The summed E-state index contributed by atoms with van der Waals surface area (Å²) in [5, 5.41) is 13.2.